The second kappa shape index (κ2) is 4.65. The van der Waals surface area contributed by atoms with Gasteiger partial charge in [-0.05, 0) is 12.3 Å². The number of aromatic nitrogens is 1. The van der Waals surface area contributed by atoms with Crippen molar-refractivity contribution in [3.8, 4) is 0 Å². The minimum Gasteiger partial charge on any atom is -0.360 e. The summed E-state index contributed by atoms with van der Waals surface area (Å²) < 4.78 is 4.84. The molecule has 0 aliphatic heterocycles. The Morgan fingerprint density at radius 1 is 1.62 bits per heavy atom. The summed E-state index contributed by atoms with van der Waals surface area (Å²) in [7, 11) is 0. The van der Waals surface area contributed by atoms with Crippen molar-refractivity contribution in [3.63, 3.8) is 0 Å². The van der Waals surface area contributed by atoms with Gasteiger partial charge in [-0.3, -0.25) is 4.79 Å². The molecule has 1 unspecified atom stereocenters. The van der Waals surface area contributed by atoms with Crippen LogP contribution in [-0.4, -0.2) is 17.1 Å². The van der Waals surface area contributed by atoms with Gasteiger partial charge in [-0.25, -0.2) is 0 Å². The number of carbonyl (C=O) groups excluding carboxylic acids is 1. The average Bonchev–Trinajstić information content (AvgIpc) is 2.49. The molecule has 0 aliphatic rings. The van der Waals surface area contributed by atoms with Gasteiger partial charge in [0.15, 0.2) is 5.82 Å². The normalized spacial score (nSPS) is 13.6. The van der Waals surface area contributed by atoms with E-state index in [-0.39, 0.29) is 23.8 Å². The van der Waals surface area contributed by atoms with Crippen LogP contribution in [0.4, 0.5) is 5.82 Å². The van der Waals surface area contributed by atoms with Crippen molar-refractivity contribution in [2.24, 2.45) is 11.1 Å². The summed E-state index contributed by atoms with van der Waals surface area (Å²) in [6.45, 7) is 7.78. The largest absolute Gasteiger partial charge is 0.360 e. The van der Waals surface area contributed by atoms with Crippen LogP contribution >= 0.6 is 0 Å². The highest BCUT2D eigenvalue weighted by molar-refractivity contribution is 5.90. The molecule has 0 aliphatic carbocycles. The highest BCUT2D eigenvalue weighted by Gasteiger charge is 2.23. The van der Waals surface area contributed by atoms with E-state index < -0.39 is 0 Å². The van der Waals surface area contributed by atoms with Crippen LogP contribution in [0.5, 0.6) is 0 Å². The second-order valence-corrected chi connectivity index (χ2v) is 5.05. The summed E-state index contributed by atoms with van der Waals surface area (Å²) in [5.74, 6) is 0.953. The molecule has 0 radical (unpaired) electrons. The Kier molecular flexibility index (Phi) is 3.70. The molecule has 3 N–H and O–H groups in total. The van der Waals surface area contributed by atoms with Gasteiger partial charge < -0.3 is 15.6 Å². The van der Waals surface area contributed by atoms with Crippen LogP contribution in [-0.2, 0) is 4.79 Å². The Labute approximate surface area is 95.4 Å². The van der Waals surface area contributed by atoms with Gasteiger partial charge in [0.05, 0.1) is 0 Å². The molecule has 1 aromatic rings. The Morgan fingerprint density at radius 3 is 2.69 bits per heavy atom. The lowest BCUT2D eigenvalue weighted by atomic mass is 9.85. The zero-order chi connectivity index (χ0) is 12.3. The molecular weight excluding hydrogens is 206 g/mol. The SMILES string of the molecule is Cc1cc(NC(=O)CC(N)C(C)(C)C)no1. The number of nitrogens with two attached hydrogens (primary N) is 1. The van der Waals surface area contributed by atoms with E-state index in [1.807, 2.05) is 20.8 Å². The van der Waals surface area contributed by atoms with Crippen molar-refractivity contribution in [3.05, 3.63) is 11.8 Å². The molecule has 0 aromatic carbocycles. The molecule has 1 rings (SSSR count). The van der Waals surface area contributed by atoms with Crippen molar-refractivity contribution in [1.82, 2.24) is 5.16 Å². The van der Waals surface area contributed by atoms with Crippen molar-refractivity contribution in [2.75, 3.05) is 5.32 Å². The molecule has 90 valence electrons. The summed E-state index contributed by atoms with van der Waals surface area (Å²) in [5.41, 5.74) is 5.82. The zero-order valence-corrected chi connectivity index (χ0v) is 10.2. The molecule has 1 heterocycles. The molecule has 5 heteroatoms. The van der Waals surface area contributed by atoms with Crippen LogP contribution in [0, 0.1) is 12.3 Å². The first-order valence-electron chi connectivity index (χ1n) is 5.28. The van der Waals surface area contributed by atoms with E-state index in [1.54, 1.807) is 13.0 Å². The monoisotopic (exact) mass is 225 g/mol. The predicted molar refractivity (Wildman–Crippen MR) is 61.9 cm³/mol. The minimum atomic E-state index is -0.180. The quantitative estimate of drug-likeness (QED) is 0.820. The van der Waals surface area contributed by atoms with Gasteiger partial charge in [0.1, 0.15) is 5.76 Å². The average molecular weight is 225 g/mol. The minimum absolute atomic E-state index is 0.0862. The van der Waals surface area contributed by atoms with E-state index in [2.05, 4.69) is 10.5 Å². The van der Waals surface area contributed by atoms with Crippen molar-refractivity contribution < 1.29 is 9.32 Å². The molecule has 0 saturated heterocycles. The number of aryl methyl sites for hydroxylation is 1. The fraction of sp³-hybridized carbons (Fsp3) is 0.636. The van der Waals surface area contributed by atoms with E-state index in [0.29, 0.717) is 11.6 Å². The van der Waals surface area contributed by atoms with Crippen molar-refractivity contribution >= 4 is 11.7 Å². The highest BCUT2D eigenvalue weighted by Crippen LogP contribution is 2.20. The van der Waals surface area contributed by atoms with E-state index in [4.69, 9.17) is 10.3 Å². The van der Waals surface area contributed by atoms with E-state index in [9.17, 15) is 4.79 Å². The first-order chi connectivity index (χ1) is 7.29. The van der Waals surface area contributed by atoms with Gasteiger partial charge in [0, 0.05) is 18.5 Å². The number of carbonyl (C=O) groups is 1. The number of amides is 1. The number of hydrogen-bond acceptors (Lipinski definition) is 4. The lowest BCUT2D eigenvalue weighted by Crippen LogP contribution is -2.38. The topological polar surface area (TPSA) is 81.2 Å². The summed E-state index contributed by atoms with van der Waals surface area (Å²) in [5, 5.41) is 6.32. The molecule has 1 atom stereocenters. The van der Waals surface area contributed by atoms with E-state index in [1.165, 1.54) is 0 Å². The molecule has 0 bridgehead atoms. The predicted octanol–water partition coefficient (Wildman–Crippen LogP) is 1.69. The highest BCUT2D eigenvalue weighted by atomic mass is 16.5. The Hall–Kier alpha value is -1.36. The lowest BCUT2D eigenvalue weighted by Gasteiger charge is -2.26. The van der Waals surface area contributed by atoms with Crippen LogP contribution in [0.3, 0.4) is 0 Å². The lowest BCUT2D eigenvalue weighted by molar-refractivity contribution is -0.117. The molecule has 0 saturated carbocycles. The van der Waals surface area contributed by atoms with Crippen molar-refractivity contribution in [1.29, 1.82) is 0 Å². The fourth-order valence-corrected chi connectivity index (χ4v) is 1.13. The fourth-order valence-electron chi connectivity index (χ4n) is 1.13. The van der Waals surface area contributed by atoms with Crippen LogP contribution in [0.25, 0.3) is 0 Å². The Balaban J connectivity index is 2.48. The smallest absolute Gasteiger partial charge is 0.227 e. The molecular formula is C11H19N3O2. The summed E-state index contributed by atoms with van der Waals surface area (Å²) in [4.78, 5) is 11.6. The molecule has 1 aromatic heterocycles. The van der Waals surface area contributed by atoms with Gasteiger partial charge in [-0.2, -0.15) is 0 Å². The summed E-state index contributed by atoms with van der Waals surface area (Å²) in [6.07, 6.45) is 0.273. The van der Waals surface area contributed by atoms with Crippen LogP contribution in [0.2, 0.25) is 0 Å². The summed E-state index contributed by atoms with van der Waals surface area (Å²) >= 11 is 0. The van der Waals surface area contributed by atoms with Gasteiger partial charge in [0.2, 0.25) is 5.91 Å². The maximum absolute atomic E-state index is 11.6. The number of nitrogens with one attached hydrogen (secondary N) is 1. The number of anilines is 1. The van der Waals surface area contributed by atoms with E-state index >= 15 is 0 Å². The second-order valence-electron chi connectivity index (χ2n) is 5.05. The molecule has 0 fully saturated rings. The number of hydrogen-bond donors (Lipinski definition) is 2. The Bertz CT molecular complexity index is 366. The standard InChI is InChI=1S/C11H19N3O2/c1-7-5-9(14-16-7)13-10(15)6-8(12)11(2,3)4/h5,8H,6,12H2,1-4H3,(H,13,14,15). The van der Waals surface area contributed by atoms with Gasteiger partial charge in [-0.1, -0.05) is 25.9 Å². The molecule has 5 nitrogen and oxygen atoms in total. The Morgan fingerprint density at radius 2 is 2.25 bits per heavy atom. The van der Waals surface area contributed by atoms with E-state index in [0.717, 1.165) is 0 Å². The zero-order valence-electron chi connectivity index (χ0n) is 10.2. The molecule has 16 heavy (non-hydrogen) atoms. The van der Waals surface area contributed by atoms with Gasteiger partial charge in [0.25, 0.3) is 0 Å². The third-order valence-electron chi connectivity index (χ3n) is 2.41. The first-order valence-corrected chi connectivity index (χ1v) is 5.28. The van der Waals surface area contributed by atoms with Crippen LogP contribution in [0.15, 0.2) is 10.6 Å². The third kappa shape index (κ3) is 3.66. The maximum atomic E-state index is 11.6. The summed E-state index contributed by atoms with van der Waals surface area (Å²) in [6, 6.07) is 1.49. The van der Waals surface area contributed by atoms with Crippen LogP contribution < -0.4 is 11.1 Å². The number of nitrogens with zero attached hydrogens (tertiary/aromatic N) is 1. The maximum Gasteiger partial charge on any atom is 0.227 e. The number of rotatable bonds is 3. The first kappa shape index (κ1) is 12.7. The third-order valence-corrected chi connectivity index (χ3v) is 2.41. The van der Waals surface area contributed by atoms with Crippen molar-refractivity contribution in [2.45, 2.75) is 40.2 Å². The molecule has 1 amide bonds. The van der Waals surface area contributed by atoms with Gasteiger partial charge >= 0.3 is 0 Å². The van der Waals surface area contributed by atoms with Crippen LogP contribution in [0.1, 0.15) is 33.0 Å². The van der Waals surface area contributed by atoms with Gasteiger partial charge in [-0.15, -0.1) is 0 Å². The molecule has 0 spiro atoms.